The van der Waals surface area contributed by atoms with Crippen LogP contribution in [0.5, 0.6) is 0 Å². The number of benzene rings is 1. The summed E-state index contributed by atoms with van der Waals surface area (Å²) in [6.45, 7) is 12.4. The zero-order chi connectivity index (χ0) is 23.0. The molecular weight excluding hydrogens is 382 g/mol. The molecule has 0 aliphatic rings. The van der Waals surface area contributed by atoms with Crippen LogP contribution in [0.3, 0.4) is 0 Å². The van der Waals surface area contributed by atoms with Crippen LogP contribution in [0, 0.1) is 0 Å². The maximum atomic E-state index is 4.92. The van der Waals surface area contributed by atoms with Crippen molar-refractivity contribution in [2.45, 2.75) is 39.7 Å². The first-order valence-corrected chi connectivity index (χ1v) is 10.6. The van der Waals surface area contributed by atoms with Gasteiger partial charge in [-0.1, -0.05) is 43.9 Å². The van der Waals surface area contributed by atoms with Crippen LogP contribution in [0.25, 0.3) is 22.5 Å². The number of rotatable bonds is 8. The van der Waals surface area contributed by atoms with Crippen LogP contribution in [-0.2, 0) is 0 Å². The predicted octanol–water partition coefficient (Wildman–Crippen LogP) is 5.94. The minimum atomic E-state index is -0.145. The third kappa shape index (κ3) is 6.92. The molecule has 5 nitrogen and oxygen atoms in total. The largest absolute Gasteiger partial charge is 0.383 e. The Hall–Kier alpha value is -3.21. The van der Waals surface area contributed by atoms with Crippen molar-refractivity contribution in [1.29, 1.82) is 0 Å². The molecule has 0 spiro atoms. The zero-order valence-electron chi connectivity index (χ0n) is 19.9. The van der Waals surface area contributed by atoms with Crippen molar-refractivity contribution in [2.75, 3.05) is 26.5 Å². The Morgan fingerprint density at radius 3 is 2.55 bits per heavy atom. The number of nitrogens with one attached hydrogen (secondary N) is 1. The second-order valence-corrected chi connectivity index (χ2v) is 8.62. The summed E-state index contributed by atoms with van der Waals surface area (Å²) < 4.78 is 0. The average Bonchev–Trinajstić information content (AvgIpc) is 2.70. The Labute approximate surface area is 187 Å². The molecule has 164 valence electrons. The van der Waals surface area contributed by atoms with Crippen LogP contribution in [0.1, 0.15) is 45.2 Å². The van der Waals surface area contributed by atoms with Crippen LogP contribution in [-0.4, -0.2) is 47.8 Å². The van der Waals surface area contributed by atoms with Gasteiger partial charge in [0, 0.05) is 62.0 Å². The number of hydrogen-bond donors (Lipinski definition) is 1. The molecule has 2 rings (SSSR count). The summed E-state index contributed by atoms with van der Waals surface area (Å²) in [4.78, 5) is 15.9. The van der Waals surface area contributed by atoms with E-state index in [2.05, 4.69) is 69.0 Å². The number of nitrogens with zero attached hydrogens (tertiary/aromatic N) is 4. The highest BCUT2D eigenvalue weighted by Crippen LogP contribution is 2.28. The summed E-state index contributed by atoms with van der Waals surface area (Å²) >= 11 is 0. The van der Waals surface area contributed by atoms with Crippen molar-refractivity contribution < 1.29 is 0 Å². The SMILES string of the molecule is C=C/C(=C\N(C)C)c1cccc(-c2ncc(C(/C=N\C)=C/CC)c(NC(C)(C)C)n2)c1. The Morgan fingerprint density at radius 2 is 1.97 bits per heavy atom. The lowest BCUT2D eigenvalue weighted by atomic mass is 10.0. The zero-order valence-corrected chi connectivity index (χ0v) is 19.9. The van der Waals surface area contributed by atoms with E-state index < -0.39 is 0 Å². The number of aromatic nitrogens is 2. The lowest BCUT2D eigenvalue weighted by molar-refractivity contribution is 0.566. The first kappa shape index (κ1) is 24.1. The lowest BCUT2D eigenvalue weighted by Gasteiger charge is -2.23. The van der Waals surface area contributed by atoms with Crippen molar-refractivity contribution in [3.05, 3.63) is 66.5 Å². The van der Waals surface area contributed by atoms with Gasteiger partial charge in [-0.25, -0.2) is 9.97 Å². The van der Waals surface area contributed by atoms with E-state index in [0.717, 1.165) is 40.1 Å². The number of allylic oxidation sites excluding steroid dienone is 4. The van der Waals surface area contributed by atoms with Gasteiger partial charge in [0.2, 0.25) is 0 Å². The minimum Gasteiger partial charge on any atom is -0.383 e. The fourth-order valence-electron chi connectivity index (χ4n) is 3.13. The molecule has 0 bridgehead atoms. The molecule has 2 aromatic rings. The molecule has 31 heavy (non-hydrogen) atoms. The maximum absolute atomic E-state index is 4.92. The molecule has 0 radical (unpaired) electrons. The van der Waals surface area contributed by atoms with Gasteiger partial charge in [-0.2, -0.15) is 0 Å². The standard InChI is InChI=1S/C26H35N5/c1-9-12-22(16-27-6)23-17-28-24(29-25(23)30-26(3,4)5)21-14-11-13-20(15-21)19(10-2)18-31(7)8/h10-18H,2,9H2,1,3-8H3,(H,28,29,30)/b19-18+,22-12+,27-16-. The Bertz CT molecular complexity index is 991. The fraction of sp³-hybridized carbons (Fsp3) is 0.346. The summed E-state index contributed by atoms with van der Waals surface area (Å²) in [6, 6.07) is 8.23. The Kier molecular flexibility index (Phi) is 8.31. The summed E-state index contributed by atoms with van der Waals surface area (Å²) in [7, 11) is 5.78. The molecule has 0 aliphatic carbocycles. The molecule has 1 N–H and O–H groups in total. The van der Waals surface area contributed by atoms with Crippen molar-refractivity contribution >= 4 is 23.2 Å². The highest BCUT2D eigenvalue weighted by atomic mass is 15.1. The van der Waals surface area contributed by atoms with Gasteiger partial charge in [0.15, 0.2) is 5.82 Å². The second kappa shape index (κ2) is 10.7. The van der Waals surface area contributed by atoms with Crippen LogP contribution >= 0.6 is 0 Å². The van der Waals surface area contributed by atoms with Crippen molar-refractivity contribution in [3.63, 3.8) is 0 Å². The van der Waals surface area contributed by atoms with E-state index >= 15 is 0 Å². The molecule has 0 saturated heterocycles. The van der Waals surface area contributed by atoms with Gasteiger partial charge in [-0.15, -0.1) is 0 Å². The quantitative estimate of drug-likeness (QED) is 0.427. The van der Waals surface area contributed by atoms with Gasteiger partial charge in [0.1, 0.15) is 5.82 Å². The van der Waals surface area contributed by atoms with Gasteiger partial charge in [0.25, 0.3) is 0 Å². The van der Waals surface area contributed by atoms with E-state index in [1.165, 1.54) is 0 Å². The first-order valence-electron chi connectivity index (χ1n) is 10.6. The van der Waals surface area contributed by atoms with Gasteiger partial charge in [-0.3, -0.25) is 4.99 Å². The number of anilines is 1. The van der Waals surface area contributed by atoms with Crippen molar-refractivity contribution in [2.24, 2.45) is 4.99 Å². The third-order valence-electron chi connectivity index (χ3n) is 4.36. The number of hydrogen-bond acceptors (Lipinski definition) is 5. The van der Waals surface area contributed by atoms with E-state index in [0.29, 0.717) is 5.82 Å². The molecule has 0 amide bonds. The third-order valence-corrected chi connectivity index (χ3v) is 4.36. The van der Waals surface area contributed by atoms with Crippen LogP contribution in [0.4, 0.5) is 5.82 Å². The molecule has 0 aliphatic heterocycles. The molecule has 0 saturated carbocycles. The predicted molar refractivity (Wildman–Crippen MR) is 135 cm³/mol. The van der Waals surface area contributed by atoms with Gasteiger partial charge < -0.3 is 10.2 Å². The summed E-state index contributed by atoms with van der Waals surface area (Å²) in [6.07, 6.45) is 10.7. The molecule has 1 heterocycles. The normalized spacial score (nSPS) is 12.9. The highest BCUT2D eigenvalue weighted by Gasteiger charge is 2.17. The maximum Gasteiger partial charge on any atom is 0.161 e. The van der Waals surface area contributed by atoms with Gasteiger partial charge in [-0.05, 0) is 44.4 Å². The topological polar surface area (TPSA) is 53.4 Å². The van der Waals surface area contributed by atoms with E-state index in [9.17, 15) is 0 Å². The highest BCUT2D eigenvalue weighted by molar-refractivity contribution is 6.11. The van der Waals surface area contributed by atoms with Gasteiger partial charge in [0.05, 0.1) is 0 Å². The van der Waals surface area contributed by atoms with Crippen molar-refractivity contribution in [3.8, 4) is 11.4 Å². The van der Waals surface area contributed by atoms with E-state index in [-0.39, 0.29) is 5.54 Å². The van der Waals surface area contributed by atoms with Crippen LogP contribution < -0.4 is 5.32 Å². The Balaban J connectivity index is 2.61. The molecule has 5 heteroatoms. The minimum absolute atomic E-state index is 0.145. The molecule has 0 unspecified atom stereocenters. The van der Waals surface area contributed by atoms with E-state index in [1.807, 2.05) is 49.6 Å². The summed E-state index contributed by atoms with van der Waals surface area (Å²) in [5.74, 6) is 1.48. The smallest absolute Gasteiger partial charge is 0.161 e. The fourth-order valence-corrected chi connectivity index (χ4v) is 3.13. The average molecular weight is 418 g/mol. The molecule has 1 aromatic heterocycles. The first-order chi connectivity index (χ1) is 14.7. The summed E-state index contributed by atoms with van der Waals surface area (Å²) in [5, 5.41) is 3.54. The van der Waals surface area contributed by atoms with E-state index in [4.69, 9.17) is 9.97 Å². The van der Waals surface area contributed by atoms with Crippen LogP contribution in [0.2, 0.25) is 0 Å². The molecule has 0 fully saturated rings. The van der Waals surface area contributed by atoms with E-state index in [1.54, 1.807) is 7.05 Å². The lowest BCUT2D eigenvalue weighted by Crippen LogP contribution is -2.27. The molecular formula is C26H35N5. The monoisotopic (exact) mass is 417 g/mol. The van der Waals surface area contributed by atoms with Crippen LogP contribution in [0.15, 0.2) is 60.4 Å². The summed E-state index contributed by atoms with van der Waals surface area (Å²) in [5.41, 5.74) is 4.89. The second-order valence-electron chi connectivity index (χ2n) is 8.62. The van der Waals surface area contributed by atoms with Gasteiger partial charge >= 0.3 is 0 Å². The molecule has 1 aromatic carbocycles. The Morgan fingerprint density at radius 1 is 1.23 bits per heavy atom. The number of aliphatic imine (C=N–C) groups is 1. The molecule has 0 atom stereocenters. The van der Waals surface area contributed by atoms with Crippen molar-refractivity contribution in [1.82, 2.24) is 14.9 Å².